The van der Waals surface area contributed by atoms with Crippen LogP contribution in [0.5, 0.6) is 0 Å². The average molecular weight is 332 g/mol. The molecule has 0 aliphatic heterocycles. The second-order valence-electron chi connectivity index (χ2n) is 5.68. The number of benzene rings is 1. The maximum Gasteiger partial charge on any atom is 0.243 e. The Hall–Kier alpha value is -1.08. The van der Waals surface area contributed by atoms with E-state index in [1.165, 1.54) is 0 Å². The lowest BCUT2D eigenvalue weighted by atomic mass is 10.1. The van der Waals surface area contributed by atoms with Crippen molar-refractivity contribution in [1.29, 1.82) is 0 Å². The van der Waals surface area contributed by atoms with E-state index in [1.54, 1.807) is 13.8 Å². The Kier molecular flexibility index (Phi) is 5.10. The fourth-order valence-electron chi connectivity index (χ4n) is 2.28. The number of sulfonamides is 1. The SMILES string of the molecule is Cc1c(S(=O)(=O)NC(C)(C)CN)c2ccccc2n1C.Cl. The number of halogens is 1. The summed E-state index contributed by atoms with van der Waals surface area (Å²) >= 11 is 0. The summed E-state index contributed by atoms with van der Waals surface area (Å²) in [5, 5.41) is 0.729. The van der Waals surface area contributed by atoms with Gasteiger partial charge in [0.1, 0.15) is 4.90 Å². The third kappa shape index (κ3) is 3.23. The van der Waals surface area contributed by atoms with Crippen LogP contribution in [0.1, 0.15) is 19.5 Å². The molecule has 0 atom stereocenters. The molecule has 5 nitrogen and oxygen atoms in total. The summed E-state index contributed by atoms with van der Waals surface area (Å²) in [6, 6.07) is 7.48. The van der Waals surface area contributed by atoms with Crippen LogP contribution >= 0.6 is 12.4 Å². The minimum Gasteiger partial charge on any atom is -0.347 e. The summed E-state index contributed by atoms with van der Waals surface area (Å²) in [5.41, 5.74) is 6.55. The molecule has 0 unspecified atom stereocenters. The lowest BCUT2D eigenvalue weighted by Gasteiger charge is -2.24. The predicted octanol–water partition coefficient (Wildman–Crippen LogP) is 1.92. The monoisotopic (exact) mass is 331 g/mol. The van der Waals surface area contributed by atoms with Gasteiger partial charge in [-0.25, -0.2) is 13.1 Å². The first-order valence-corrected chi connectivity index (χ1v) is 7.96. The van der Waals surface area contributed by atoms with E-state index < -0.39 is 15.6 Å². The first kappa shape index (κ1) is 18.0. The molecule has 118 valence electrons. The van der Waals surface area contributed by atoms with Crippen molar-refractivity contribution >= 4 is 33.3 Å². The van der Waals surface area contributed by atoms with E-state index in [1.807, 2.05) is 42.8 Å². The van der Waals surface area contributed by atoms with Crippen molar-refractivity contribution in [3.05, 3.63) is 30.0 Å². The number of nitrogens with two attached hydrogens (primary N) is 1. The molecule has 2 rings (SSSR count). The van der Waals surface area contributed by atoms with E-state index in [-0.39, 0.29) is 19.0 Å². The van der Waals surface area contributed by atoms with Crippen LogP contribution in [0.2, 0.25) is 0 Å². The molecule has 0 aliphatic rings. The molecule has 1 heterocycles. The normalized spacial score (nSPS) is 12.4. The van der Waals surface area contributed by atoms with E-state index in [9.17, 15) is 8.42 Å². The number of fused-ring (bicyclic) bond motifs is 1. The highest BCUT2D eigenvalue weighted by atomic mass is 35.5. The Morgan fingerprint density at radius 3 is 2.43 bits per heavy atom. The van der Waals surface area contributed by atoms with Gasteiger partial charge >= 0.3 is 0 Å². The van der Waals surface area contributed by atoms with Crippen molar-refractivity contribution in [3.8, 4) is 0 Å². The van der Waals surface area contributed by atoms with Gasteiger partial charge in [-0.15, -0.1) is 12.4 Å². The van der Waals surface area contributed by atoms with Crippen molar-refractivity contribution in [2.24, 2.45) is 12.8 Å². The third-order valence-electron chi connectivity index (χ3n) is 3.53. The van der Waals surface area contributed by atoms with E-state index >= 15 is 0 Å². The molecule has 7 heteroatoms. The minimum absolute atomic E-state index is 0. The van der Waals surface area contributed by atoms with Crippen molar-refractivity contribution in [1.82, 2.24) is 9.29 Å². The summed E-state index contributed by atoms with van der Waals surface area (Å²) in [4.78, 5) is 0.331. The molecule has 2 aromatic rings. The van der Waals surface area contributed by atoms with Crippen LogP contribution in [0.3, 0.4) is 0 Å². The van der Waals surface area contributed by atoms with Crippen molar-refractivity contribution < 1.29 is 8.42 Å². The molecule has 0 saturated heterocycles. The van der Waals surface area contributed by atoms with Gasteiger partial charge in [0.05, 0.1) is 0 Å². The third-order valence-corrected chi connectivity index (χ3v) is 5.41. The highest BCUT2D eigenvalue weighted by Gasteiger charge is 2.29. The Labute approximate surface area is 132 Å². The number of nitrogens with one attached hydrogen (secondary N) is 1. The number of para-hydroxylation sites is 1. The maximum atomic E-state index is 12.7. The maximum absolute atomic E-state index is 12.7. The fraction of sp³-hybridized carbons (Fsp3) is 0.429. The summed E-state index contributed by atoms with van der Waals surface area (Å²) in [7, 11) is -1.75. The molecular weight excluding hydrogens is 310 g/mol. The molecule has 0 spiro atoms. The minimum atomic E-state index is -3.62. The summed E-state index contributed by atoms with van der Waals surface area (Å²) in [6.45, 7) is 5.58. The summed E-state index contributed by atoms with van der Waals surface area (Å²) in [5.74, 6) is 0. The molecule has 0 saturated carbocycles. The van der Waals surface area contributed by atoms with E-state index in [4.69, 9.17) is 5.73 Å². The van der Waals surface area contributed by atoms with Crippen LogP contribution < -0.4 is 10.5 Å². The number of aromatic nitrogens is 1. The molecule has 1 aromatic heterocycles. The summed E-state index contributed by atoms with van der Waals surface area (Å²) < 4.78 is 29.9. The first-order valence-electron chi connectivity index (χ1n) is 6.48. The largest absolute Gasteiger partial charge is 0.347 e. The molecule has 0 radical (unpaired) electrons. The smallest absolute Gasteiger partial charge is 0.243 e. The quantitative estimate of drug-likeness (QED) is 0.898. The molecule has 21 heavy (non-hydrogen) atoms. The van der Waals surface area contributed by atoms with Gasteiger partial charge in [-0.05, 0) is 26.8 Å². The Balaban J connectivity index is 0.00000220. The van der Waals surface area contributed by atoms with Crippen LogP contribution in [0.25, 0.3) is 10.9 Å². The number of nitrogens with zero attached hydrogens (tertiary/aromatic N) is 1. The van der Waals surface area contributed by atoms with Gasteiger partial charge in [0.15, 0.2) is 0 Å². The number of hydrogen-bond acceptors (Lipinski definition) is 3. The van der Waals surface area contributed by atoms with Gasteiger partial charge in [-0.2, -0.15) is 0 Å². The number of hydrogen-bond donors (Lipinski definition) is 2. The molecule has 0 bridgehead atoms. The molecule has 0 aliphatic carbocycles. The van der Waals surface area contributed by atoms with Gasteiger partial charge in [0, 0.05) is 35.7 Å². The van der Waals surface area contributed by atoms with Gasteiger partial charge in [-0.3, -0.25) is 0 Å². The van der Waals surface area contributed by atoms with Crippen LogP contribution in [0.4, 0.5) is 0 Å². The van der Waals surface area contributed by atoms with Crippen LogP contribution in [-0.2, 0) is 17.1 Å². The van der Waals surface area contributed by atoms with Gasteiger partial charge in [-0.1, -0.05) is 18.2 Å². The second kappa shape index (κ2) is 5.96. The Morgan fingerprint density at radius 1 is 1.29 bits per heavy atom. The predicted molar refractivity (Wildman–Crippen MR) is 88.4 cm³/mol. The number of rotatable bonds is 4. The van der Waals surface area contributed by atoms with Crippen molar-refractivity contribution in [2.45, 2.75) is 31.2 Å². The zero-order valence-electron chi connectivity index (χ0n) is 12.7. The van der Waals surface area contributed by atoms with Crippen molar-refractivity contribution in [2.75, 3.05) is 6.54 Å². The van der Waals surface area contributed by atoms with Crippen LogP contribution in [0, 0.1) is 6.92 Å². The Morgan fingerprint density at radius 2 is 1.86 bits per heavy atom. The van der Waals surface area contributed by atoms with Gasteiger partial charge in [0.2, 0.25) is 10.0 Å². The molecule has 3 N–H and O–H groups in total. The second-order valence-corrected chi connectivity index (χ2v) is 7.30. The highest BCUT2D eigenvalue weighted by molar-refractivity contribution is 7.89. The van der Waals surface area contributed by atoms with E-state index in [2.05, 4.69) is 4.72 Å². The number of aryl methyl sites for hydroxylation is 1. The fourth-order valence-corrected chi connectivity index (χ4v) is 4.18. The van der Waals surface area contributed by atoms with Gasteiger partial charge < -0.3 is 10.3 Å². The lowest BCUT2D eigenvalue weighted by Crippen LogP contribution is -2.48. The average Bonchev–Trinajstić information content (AvgIpc) is 2.62. The standard InChI is InChI=1S/C14H21N3O2S.ClH/c1-10-13(20(18,19)16-14(2,3)9-15)11-7-5-6-8-12(11)17(10)4;/h5-8,16H,9,15H2,1-4H3;1H. The Bertz CT molecular complexity index is 751. The highest BCUT2D eigenvalue weighted by Crippen LogP contribution is 2.29. The lowest BCUT2D eigenvalue weighted by molar-refractivity contribution is 0.462. The molecular formula is C14H22ClN3O2S. The van der Waals surface area contributed by atoms with Crippen molar-refractivity contribution in [3.63, 3.8) is 0 Å². The van der Waals surface area contributed by atoms with Crippen LogP contribution in [-0.4, -0.2) is 25.1 Å². The molecule has 0 fully saturated rings. The van der Waals surface area contributed by atoms with Crippen LogP contribution in [0.15, 0.2) is 29.2 Å². The van der Waals surface area contributed by atoms with Gasteiger partial charge in [0.25, 0.3) is 0 Å². The van der Waals surface area contributed by atoms with E-state index in [0.29, 0.717) is 10.6 Å². The first-order chi connectivity index (χ1) is 9.19. The zero-order chi connectivity index (χ0) is 15.1. The zero-order valence-corrected chi connectivity index (χ0v) is 14.3. The summed E-state index contributed by atoms with van der Waals surface area (Å²) in [6.07, 6.45) is 0. The van der Waals surface area contributed by atoms with E-state index in [0.717, 1.165) is 10.9 Å². The topological polar surface area (TPSA) is 77.1 Å². The molecule has 0 amide bonds. The molecule has 1 aromatic carbocycles.